The summed E-state index contributed by atoms with van der Waals surface area (Å²) in [6.45, 7) is 2.27. The van der Waals surface area contributed by atoms with Crippen LogP contribution in [0, 0.1) is 0 Å². The molecule has 23 heavy (non-hydrogen) atoms. The fourth-order valence-electron chi connectivity index (χ4n) is 3.42. The van der Waals surface area contributed by atoms with Gasteiger partial charge >= 0.3 is 0 Å². The zero-order valence-electron chi connectivity index (χ0n) is 14.5. The van der Waals surface area contributed by atoms with Gasteiger partial charge in [0, 0.05) is 38.2 Å². The predicted molar refractivity (Wildman–Crippen MR) is 94.4 cm³/mol. The lowest BCUT2D eigenvalue weighted by Crippen LogP contribution is -2.45. The molecule has 1 saturated carbocycles. The molecule has 0 aromatic heterocycles. The molecule has 5 nitrogen and oxygen atoms in total. The molecule has 0 atom stereocenters. The summed E-state index contributed by atoms with van der Waals surface area (Å²) in [5, 5.41) is 6.76. The van der Waals surface area contributed by atoms with Crippen molar-refractivity contribution in [2.75, 3.05) is 41.0 Å². The van der Waals surface area contributed by atoms with Gasteiger partial charge in [-0.15, -0.1) is 0 Å². The van der Waals surface area contributed by atoms with Gasteiger partial charge in [-0.1, -0.05) is 31.0 Å². The number of hydrogen-bond acceptors (Lipinski definition) is 3. The van der Waals surface area contributed by atoms with E-state index >= 15 is 0 Å². The van der Waals surface area contributed by atoms with E-state index in [9.17, 15) is 0 Å². The SMILES string of the molecule is CN=C(NCCOC)NCC1(c2ccccc2OC)CCCC1. The van der Waals surface area contributed by atoms with Gasteiger partial charge < -0.3 is 20.1 Å². The van der Waals surface area contributed by atoms with Crippen LogP contribution in [0.2, 0.25) is 0 Å². The van der Waals surface area contributed by atoms with Crippen LogP contribution in [-0.2, 0) is 10.2 Å². The van der Waals surface area contributed by atoms with Gasteiger partial charge in [0.1, 0.15) is 5.75 Å². The van der Waals surface area contributed by atoms with Crippen LogP contribution in [-0.4, -0.2) is 46.9 Å². The average Bonchev–Trinajstić information content (AvgIpc) is 3.08. The van der Waals surface area contributed by atoms with E-state index in [-0.39, 0.29) is 5.41 Å². The zero-order chi connectivity index (χ0) is 16.5. The van der Waals surface area contributed by atoms with Gasteiger partial charge in [-0.05, 0) is 18.9 Å². The molecule has 1 aliphatic rings. The molecule has 2 rings (SSSR count). The van der Waals surface area contributed by atoms with E-state index in [2.05, 4.69) is 33.8 Å². The summed E-state index contributed by atoms with van der Waals surface area (Å²) in [6.07, 6.45) is 4.87. The van der Waals surface area contributed by atoms with E-state index < -0.39 is 0 Å². The maximum Gasteiger partial charge on any atom is 0.191 e. The highest BCUT2D eigenvalue weighted by Crippen LogP contribution is 2.44. The number of para-hydroxylation sites is 1. The number of nitrogens with zero attached hydrogens (tertiary/aromatic N) is 1. The van der Waals surface area contributed by atoms with Crippen molar-refractivity contribution in [3.8, 4) is 5.75 Å². The second-order valence-corrected chi connectivity index (χ2v) is 6.03. The lowest BCUT2D eigenvalue weighted by Gasteiger charge is -2.32. The highest BCUT2D eigenvalue weighted by atomic mass is 16.5. The largest absolute Gasteiger partial charge is 0.496 e. The maximum absolute atomic E-state index is 5.61. The first-order valence-corrected chi connectivity index (χ1v) is 8.33. The van der Waals surface area contributed by atoms with Crippen molar-refractivity contribution in [1.29, 1.82) is 0 Å². The molecule has 5 heteroatoms. The summed E-state index contributed by atoms with van der Waals surface area (Å²) in [4.78, 5) is 4.30. The average molecular weight is 319 g/mol. The molecule has 0 amide bonds. The number of guanidine groups is 1. The third-order valence-corrected chi connectivity index (χ3v) is 4.66. The topological polar surface area (TPSA) is 54.9 Å². The third-order valence-electron chi connectivity index (χ3n) is 4.66. The normalized spacial score (nSPS) is 17.1. The van der Waals surface area contributed by atoms with Crippen LogP contribution in [0.25, 0.3) is 0 Å². The predicted octanol–water partition coefficient (Wildman–Crippen LogP) is 2.32. The second-order valence-electron chi connectivity index (χ2n) is 6.03. The molecule has 1 aromatic carbocycles. The van der Waals surface area contributed by atoms with Gasteiger partial charge in [0.25, 0.3) is 0 Å². The van der Waals surface area contributed by atoms with Gasteiger partial charge in [-0.3, -0.25) is 4.99 Å². The number of hydrogen-bond donors (Lipinski definition) is 2. The number of methoxy groups -OCH3 is 2. The number of ether oxygens (including phenoxy) is 2. The first-order valence-electron chi connectivity index (χ1n) is 8.33. The van der Waals surface area contributed by atoms with Gasteiger partial charge in [0.05, 0.1) is 13.7 Å². The third kappa shape index (κ3) is 4.38. The van der Waals surface area contributed by atoms with Crippen LogP contribution in [0.15, 0.2) is 29.3 Å². The molecule has 1 aliphatic carbocycles. The Bertz CT molecular complexity index is 511. The highest BCUT2D eigenvalue weighted by Gasteiger charge is 2.37. The first-order chi connectivity index (χ1) is 11.3. The Morgan fingerprint density at radius 1 is 1.17 bits per heavy atom. The van der Waals surface area contributed by atoms with Crippen molar-refractivity contribution < 1.29 is 9.47 Å². The van der Waals surface area contributed by atoms with E-state index in [0.29, 0.717) is 6.61 Å². The minimum absolute atomic E-state index is 0.117. The standard InChI is InChI=1S/C18H29N3O2/c1-19-17(20-12-13-22-2)21-14-18(10-6-7-11-18)15-8-4-5-9-16(15)23-3/h4-5,8-9H,6-7,10-14H2,1-3H3,(H2,19,20,21). The van der Waals surface area contributed by atoms with Crippen molar-refractivity contribution in [3.05, 3.63) is 29.8 Å². The second kappa shape index (κ2) is 8.77. The lowest BCUT2D eigenvalue weighted by atomic mass is 9.78. The van der Waals surface area contributed by atoms with Crippen molar-refractivity contribution >= 4 is 5.96 Å². The molecule has 0 heterocycles. The number of aliphatic imine (C=N–C) groups is 1. The molecule has 2 N–H and O–H groups in total. The van der Waals surface area contributed by atoms with Gasteiger partial charge in [-0.2, -0.15) is 0 Å². The summed E-state index contributed by atoms with van der Waals surface area (Å²) in [5.74, 6) is 1.81. The van der Waals surface area contributed by atoms with Crippen LogP contribution in [0.1, 0.15) is 31.2 Å². The summed E-state index contributed by atoms with van der Waals surface area (Å²) in [5.41, 5.74) is 1.42. The monoisotopic (exact) mass is 319 g/mol. The van der Waals surface area contributed by atoms with Crippen molar-refractivity contribution in [2.24, 2.45) is 4.99 Å². The van der Waals surface area contributed by atoms with E-state index in [1.165, 1.54) is 31.2 Å². The minimum atomic E-state index is 0.117. The zero-order valence-corrected chi connectivity index (χ0v) is 14.5. The molecule has 1 aromatic rings. The molecule has 0 spiro atoms. The Labute approximate surface area is 139 Å². The van der Waals surface area contributed by atoms with E-state index in [1.807, 2.05) is 6.07 Å². The maximum atomic E-state index is 5.61. The van der Waals surface area contributed by atoms with Crippen molar-refractivity contribution in [3.63, 3.8) is 0 Å². The summed E-state index contributed by atoms with van der Waals surface area (Å²) in [7, 11) is 5.25. The van der Waals surface area contributed by atoms with Crippen LogP contribution >= 0.6 is 0 Å². The molecule has 1 fully saturated rings. The summed E-state index contributed by atoms with van der Waals surface area (Å²) < 4.78 is 10.7. The summed E-state index contributed by atoms with van der Waals surface area (Å²) in [6, 6.07) is 8.39. The van der Waals surface area contributed by atoms with E-state index in [1.54, 1.807) is 21.3 Å². The minimum Gasteiger partial charge on any atom is -0.496 e. The summed E-state index contributed by atoms with van der Waals surface area (Å²) >= 11 is 0. The van der Waals surface area contributed by atoms with E-state index in [4.69, 9.17) is 9.47 Å². The quantitative estimate of drug-likeness (QED) is 0.460. The van der Waals surface area contributed by atoms with Crippen LogP contribution in [0.3, 0.4) is 0 Å². The molecular weight excluding hydrogens is 290 g/mol. The lowest BCUT2D eigenvalue weighted by molar-refractivity contribution is 0.203. The fraction of sp³-hybridized carbons (Fsp3) is 0.611. The Hall–Kier alpha value is -1.75. The number of benzene rings is 1. The molecule has 0 unspecified atom stereocenters. The first kappa shape index (κ1) is 17.6. The molecule has 0 bridgehead atoms. The van der Waals surface area contributed by atoms with Crippen molar-refractivity contribution in [2.45, 2.75) is 31.1 Å². The Morgan fingerprint density at radius 2 is 1.91 bits per heavy atom. The Balaban J connectivity index is 2.09. The van der Waals surface area contributed by atoms with E-state index in [0.717, 1.165) is 24.8 Å². The molecule has 0 radical (unpaired) electrons. The number of nitrogens with one attached hydrogen (secondary N) is 2. The smallest absolute Gasteiger partial charge is 0.191 e. The number of rotatable bonds is 7. The van der Waals surface area contributed by atoms with Gasteiger partial charge in [-0.25, -0.2) is 0 Å². The molecular formula is C18H29N3O2. The Kier molecular flexibility index (Phi) is 6.71. The van der Waals surface area contributed by atoms with Gasteiger partial charge in [0.2, 0.25) is 0 Å². The van der Waals surface area contributed by atoms with Crippen LogP contribution in [0.4, 0.5) is 0 Å². The fourth-order valence-corrected chi connectivity index (χ4v) is 3.42. The van der Waals surface area contributed by atoms with Gasteiger partial charge in [0.15, 0.2) is 5.96 Å². The Morgan fingerprint density at radius 3 is 2.57 bits per heavy atom. The van der Waals surface area contributed by atoms with Crippen LogP contribution < -0.4 is 15.4 Å². The molecule has 0 aliphatic heterocycles. The van der Waals surface area contributed by atoms with Crippen molar-refractivity contribution in [1.82, 2.24) is 10.6 Å². The van der Waals surface area contributed by atoms with Crippen LogP contribution in [0.5, 0.6) is 5.75 Å². The molecule has 128 valence electrons. The molecule has 0 saturated heterocycles. The highest BCUT2D eigenvalue weighted by molar-refractivity contribution is 5.79.